The molecule has 0 radical (unpaired) electrons. The Morgan fingerprint density at radius 3 is 3.07 bits per heavy atom. The summed E-state index contributed by atoms with van der Waals surface area (Å²) in [6.07, 6.45) is 1.45. The van der Waals surface area contributed by atoms with Gasteiger partial charge in [0.05, 0.1) is 18.8 Å². The summed E-state index contributed by atoms with van der Waals surface area (Å²) in [5, 5.41) is 0.0478. The number of nitrogens with one attached hydrogen (secondary N) is 1. The number of H-pyrrole nitrogens is 1. The standard InChI is InChI=1S/C8H7ClN4O2/c1-15-7(14)4-5-3(12-6(4)10)2-11-8(9)13-5/h2,12H,10H2,1H3. The molecule has 3 N–H and O–H groups in total. The summed E-state index contributed by atoms with van der Waals surface area (Å²) in [5.74, 6) is -0.373. The van der Waals surface area contributed by atoms with E-state index >= 15 is 0 Å². The van der Waals surface area contributed by atoms with Gasteiger partial charge in [0.15, 0.2) is 0 Å². The average Bonchev–Trinajstić information content (AvgIpc) is 2.52. The number of aromatic nitrogens is 3. The molecule has 0 saturated carbocycles. The molecule has 0 amide bonds. The van der Waals surface area contributed by atoms with Crippen LogP contribution in [0.15, 0.2) is 6.20 Å². The predicted molar refractivity (Wildman–Crippen MR) is 54.7 cm³/mol. The van der Waals surface area contributed by atoms with E-state index in [1.807, 2.05) is 0 Å². The van der Waals surface area contributed by atoms with Crippen LogP contribution in [-0.2, 0) is 4.74 Å². The second-order valence-corrected chi connectivity index (χ2v) is 3.14. The second-order valence-electron chi connectivity index (χ2n) is 2.81. The Morgan fingerprint density at radius 1 is 1.67 bits per heavy atom. The Labute approximate surface area is 89.4 Å². The van der Waals surface area contributed by atoms with Gasteiger partial charge in [0.2, 0.25) is 5.28 Å². The van der Waals surface area contributed by atoms with E-state index in [2.05, 4.69) is 19.7 Å². The molecule has 6 nitrogen and oxygen atoms in total. The van der Waals surface area contributed by atoms with Crippen molar-refractivity contribution in [2.24, 2.45) is 0 Å². The number of nitrogen functional groups attached to an aromatic ring is 1. The lowest BCUT2D eigenvalue weighted by atomic mass is 10.3. The van der Waals surface area contributed by atoms with E-state index in [-0.39, 0.29) is 16.7 Å². The molecule has 78 valence electrons. The highest BCUT2D eigenvalue weighted by molar-refractivity contribution is 6.28. The molecule has 0 bridgehead atoms. The van der Waals surface area contributed by atoms with Crippen molar-refractivity contribution in [2.75, 3.05) is 12.8 Å². The zero-order chi connectivity index (χ0) is 11.0. The van der Waals surface area contributed by atoms with Crippen LogP contribution in [0.2, 0.25) is 5.28 Å². The van der Waals surface area contributed by atoms with E-state index in [1.165, 1.54) is 13.3 Å². The van der Waals surface area contributed by atoms with Crippen molar-refractivity contribution in [3.8, 4) is 0 Å². The Bertz CT molecular complexity index is 537. The van der Waals surface area contributed by atoms with Gasteiger partial charge in [-0.3, -0.25) is 0 Å². The van der Waals surface area contributed by atoms with Crippen molar-refractivity contribution in [2.45, 2.75) is 0 Å². The van der Waals surface area contributed by atoms with E-state index in [4.69, 9.17) is 17.3 Å². The number of hydrogen-bond acceptors (Lipinski definition) is 5. The summed E-state index contributed by atoms with van der Waals surface area (Å²) < 4.78 is 4.58. The summed E-state index contributed by atoms with van der Waals surface area (Å²) in [6.45, 7) is 0. The van der Waals surface area contributed by atoms with Gasteiger partial charge < -0.3 is 15.5 Å². The topological polar surface area (TPSA) is 93.9 Å². The molecule has 2 rings (SSSR count). The van der Waals surface area contributed by atoms with Crippen molar-refractivity contribution in [1.82, 2.24) is 15.0 Å². The number of esters is 1. The van der Waals surface area contributed by atoms with Crippen LogP contribution in [0.1, 0.15) is 10.4 Å². The molecule has 0 aliphatic rings. The van der Waals surface area contributed by atoms with Gasteiger partial charge >= 0.3 is 5.97 Å². The number of nitrogens with two attached hydrogens (primary N) is 1. The molecule has 0 unspecified atom stereocenters. The Kier molecular flexibility index (Phi) is 2.20. The van der Waals surface area contributed by atoms with Gasteiger partial charge in [-0.25, -0.2) is 14.8 Å². The highest BCUT2D eigenvalue weighted by Gasteiger charge is 2.19. The van der Waals surface area contributed by atoms with Crippen LogP contribution in [0.5, 0.6) is 0 Å². The van der Waals surface area contributed by atoms with Gasteiger partial charge in [0, 0.05) is 0 Å². The van der Waals surface area contributed by atoms with E-state index in [0.29, 0.717) is 11.0 Å². The minimum atomic E-state index is -0.562. The smallest absolute Gasteiger partial charge is 0.343 e. The average molecular weight is 227 g/mol. The van der Waals surface area contributed by atoms with Gasteiger partial charge in [-0.15, -0.1) is 0 Å². The molecule has 2 aromatic rings. The highest BCUT2D eigenvalue weighted by Crippen LogP contribution is 2.23. The number of nitrogens with zero attached hydrogens (tertiary/aromatic N) is 2. The van der Waals surface area contributed by atoms with Crippen molar-refractivity contribution < 1.29 is 9.53 Å². The first-order chi connectivity index (χ1) is 7.13. The van der Waals surface area contributed by atoms with E-state index in [1.54, 1.807) is 0 Å². The van der Waals surface area contributed by atoms with Crippen LogP contribution in [-0.4, -0.2) is 28.0 Å². The molecular weight excluding hydrogens is 220 g/mol. The number of aromatic amines is 1. The molecular formula is C8H7ClN4O2. The van der Waals surface area contributed by atoms with Crippen LogP contribution in [0.3, 0.4) is 0 Å². The summed E-state index contributed by atoms with van der Waals surface area (Å²) in [4.78, 5) is 21.8. The molecule has 0 aliphatic heterocycles. The van der Waals surface area contributed by atoms with Crippen molar-refractivity contribution in [1.29, 1.82) is 0 Å². The van der Waals surface area contributed by atoms with Gasteiger partial charge in [-0.2, -0.15) is 0 Å². The number of rotatable bonds is 1. The van der Waals surface area contributed by atoms with E-state index < -0.39 is 5.97 Å². The lowest BCUT2D eigenvalue weighted by molar-refractivity contribution is 0.0604. The van der Waals surface area contributed by atoms with E-state index in [9.17, 15) is 4.79 Å². The minimum absolute atomic E-state index is 0.0478. The van der Waals surface area contributed by atoms with Gasteiger partial charge in [0.25, 0.3) is 0 Å². The number of hydrogen-bond donors (Lipinski definition) is 2. The predicted octanol–water partition coefficient (Wildman–Crippen LogP) is 0.980. The Morgan fingerprint density at radius 2 is 2.40 bits per heavy atom. The summed E-state index contributed by atoms with van der Waals surface area (Å²) in [7, 11) is 1.27. The molecule has 7 heteroatoms. The number of ether oxygens (including phenoxy) is 1. The number of halogens is 1. The summed E-state index contributed by atoms with van der Waals surface area (Å²) in [5.41, 5.74) is 6.69. The van der Waals surface area contributed by atoms with Gasteiger partial charge in [-0.1, -0.05) is 0 Å². The fourth-order valence-corrected chi connectivity index (χ4v) is 1.42. The number of methoxy groups -OCH3 is 1. The van der Waals surface area contributed by atoms with Crippen LogP contribution < -0.4 is 5.73 Å². The molecule has 0 aliphatic carbocycles. The maximum atomic E-state index is 11.4. The molecule has 2 heterocycles. The lowest BCUT2D eigenvalue weighted by Crippen LogP contribution is -2.04. The normalized spacial score (nSPS) is 10.5. The zero-order valence-electron chi connectivity index (χ0n) is 7.74. The van der Waals surface area contributed by atoms with Crippen LogP contribution in [0.4, 0.5) is 5.82 Å². The fourth-order valence-electron chi connectivity index (χ4n) is 1.29. The second kappa shape index (κ2) is 3.39. The number of carbonyl (C=O) groups is 1. The molecule has 0 saturated heterocycles. The maximum Gasteiger partial charge on any atom is 0.343 e. The fraction of sp³-hybridized carbons (Fsp3) is 0.125. The van der Waals surface area contributed by atoms with Crippen LogP contribution in [0.25, 0.3) is 11.0 Å². The highest BCUT2D eigenvalue weighted by atomic mass is 35.5. The third kappa shape index (κ3) is 1.48. The Hall–Kier alpha value is -1.82. The number of fused-ring (bicyclic) bond motifs is 1. The molecule has 0 fully saturated rings. The largest absolute Gasteiger partial charge is 0.465 e. The minimum Gasteiger partial charge on any atom is -0.465 e. The van der Waals surface area contributed by atoms with Crippen molar-refractivity contribution in [3.05, 3.63) is 17.0 Å². The first kappa shape index (κ1) is 9.72. The monoisotopic (exact) mass is 226 g/mol. The molecule has 2 aromatic heterocycles. The van der Waals surface area contributed by atoms with Gasteiger partial charge in [-0.05, 0) is 11.6 Å². The Balaban J connectivity index is 2.76. The summed E-state index contributed by atoms with van der Waals surface area (Å²) >= 11 is 5.62. The quantitative estimate of drug-likeness (QED) is 0.558. The molecule has 0 aromatic carbocycles. The molecule has 0 spiro atoms. The number of anilines is 1. The van der Waals surface area contributed by atoms with Gasteiger partial charge in [0.1, 0.15) is 16.9 Å². The van der Waals surface area contributed by atoms with E-state index in [0.717, 1.165) is 0 Å². The first-order valence-corrected chi connectivity index (χ1v) is 4.39. The SMILES string of the molecule is COC(=O)c1c(N)[nH]c2cnc(Cl)nc12. The van der Waals surface area contributed by atoms with Crippen LogP contribution >= 0.6 is 11.6 Å². The van der Waals surface area contributed by atoms with Crippen molar-refractivity contribution in [3.63, 3.8) is 0 Å². The molecule has 15 heavy (non-hydrogen) atoms. The zero-order valence-corrected chi connectivity index (χ0v) is 8.50. The third-order valence-electron chi connectivity index (χ3n) is 1.92. The summed E-state index contributed by atoms with van der Waals surface area (Å²) in [6, 6.07) is 0. The number of carbonyl (C=O) groups excluding carboxylic acids is 1. The maximum absolute atomic E-state index is 11.4. The third-order valence-corrected chi connectivity index (χ3v) is 2.11. The van der Waals surface area contributed by atoms with Crippen molar-refractivity contribution >= 4 is 34.4 Å². The first-order valence-electron chi connectivity index (χ1n) is 4.01. The molecule has 0 atom stereocenters. The lowest BCUT2D eigenvalue weighted by Gasteiger charge is -1.97. The van der Waals surface area contributed by atoms with Crippen LogP contribution in [0, 0.1) is 0 Å².